The lowest BCUT2D eigenvalue weighted by Crippen LogP contribution is -2.39. The number of morpholine rings is 1. The van der Waals surface area contributed by atoms with Gasteiger partial charge in [-0.25, -0.2) is 9.97 Å². The first-order valence-corrected chi connectivity index (χ1v) is 10.6. The standard InChI is InChI=1S/C22H34N6O/c1-5-28(6-2)19-7-8-20(17(3)15-19)26-22-16-21(24-18(4)25-22)23-9-10-27-11-13-29-14-12-27/h7-8,15-16H,5-6,9-14H2,1-4H3,(H2,23,24,25,26). The summed E-state index contributed by atoms with van der Waals surface area (Å²) in [5.41, 5.74) is 3.52. The van der Waals surface area contributed by atoms with E-state index in [2.05, 4.69) is 69.4 Å². The smallest absolute Gasteiger partial charge is 0.136 e. The number of nitrogens with zero attached hydrogens (tertiary/aromatic N) is 4. The van der Waals surface area contributed by atoms with Crippen LogP contribution in [0.3, 0.4) is 0 Å². The molecule has 0 amide bonds. The molecule has 0 spiro atoms. The van der Waals surface area contributed by atoms with Crippen LogP contribution in [-0.2, 0) is 4.74 Å². The molecule has 0 bridgehead atoms. The summed E-state index contributed by atoms with van der Waals surface area (Å²) >= 11 is 0. The summed E-state index contributed by atoms with van der Waals surface area (Å²) in [6, 6.07) is 8.50. The van der Waals surface area contributed by atoms with E-state index >= 15 is 0 Å². The second-order valence-corrected chi connectivity index (χ2v) is 7.36. The Labute approximate surface area is 174 Å². The van der Waals surface area contributed by atoms with Gasteiger partial charge in [-0.3, -0.25) is 4.90 Å². The summed E-state index contributed by atoms with van der Waals surface area (Å²) in [6.07, 6.45) is 0. The summed E-state index contributed by atoms with van der Waals surface area (Å²) in [4.78, 5) is 13.8. The fraction of sp³-hybridized carbons (Fsp3) is 0.545. The van der Waals surface area contributed by atoms with Crippen LogP contribution < -0.4 is 15.5 Å². The number of rotatable bonds is 9. The predicted octanol–water partition coefficient (Wildman–Crippen LogP) is 3.43. The molecule has 7 nitrogen and oxygen atoms in total. The molecule has 158 valence electrons. The highest BCUT2D eigenvalue weighted by molar-refractivity contribution is 5.66. The maximum absolute atomic E-state index is 5.40. The molecule has 1 aliphatic rings. The molecule has 0 atom stereocenters. The van der Waals surface area contributed by atoms with Crippen molar-refractivity contribution in [3.8, 4) is 0 Å². The summed E-state index contributed by atoms with van der Waals surface area (Å²) in [5.74, 6) is 2.41. The van der Waals surface area contributed by atoms with E-state index < -0.39 is 0 Å². The Kier molecular flexibility index (Phi) is 7.66. The van der Waals surface area contributed by atoms with Gasteiger partial charge in [-0.1, -0.05) is 0 Å². The molecular formula is C22H34N6O. The van der Waals surface area contributed by atoms with Crippen molar-refractivity contribution in [3.63, 3.8) is 0 Å². The molecule has 1 fully saturated rings. The van der Waals surface area contributed by atoms with Crippen LogP contribution in [0.4, 0.5) is 23.0 Å². The van der Waals surface area contributed by atoms with Gasteiger partial charge in [-0.05, 0) is 51.5 Å². The van der Waals surface area contributed by atoms with Gasteiger partial charge in [-0.15, -0.1) is 0 Å². The lowest BCUT2D eigenvalue weighted by Gasteiger charge is -2.26. The van der Waals surface area contributed by atoms with E-state index in [-0.39, 0.29) is 0 Å². The fourth-order valence-electron chi connectivity index (χ4n) is 3.60. The van der Waals surface area contributed by atoms with Gasteiger partial charge in [0.2, 0.25) is 0 Å². The summed E-state index contributed by atoms with van der Waals surface area (Å²) in [6.45, 7) is 15.9. The van der Waals surface area contributed by atoms with E-state index in [4.69, 9.17) is 4.74 Å². The Bertz CT molecular complexity index is 787. The highest BCUT2D eigenvalue weighted by atomic mass is 16.5. The van der Waals surface area contributed by atoms with Crippen molar-refractivity contribution in [2.24, 2.45) is 0 Å². The van der Waals surface area contributed by atoms with Gasteiger partial charge in [0.05, 0.1) is 13.2 Å². The number of anilines is 4. The number of hydrogen-bond donors (Lipinski definition) is 2. The lowest BCUT2D eigenvalue weighted by atomic mass is 10.1. The van der Waals surface area contributed by atoms with E-state index in [1.165, 1.54) is 11.3 Å². The molecule has 0 saturated carbocycles. The van der Waals surface area contributed by atoms with Crippen molar-refractivity contribution in [3.05, 3.63) is 35.7 Å². The average Bonchev–Trinajstić information content (AvgIpc) is 2.71. The van der Waals surface area contributed by atoms with Crippen LogP contribution in [0.2, 0.25) is 0 Å². The maximum Gasteiger partial charge on any atom is 0.136 e. The summed E-state index contributed by atoms with van der Waals surface area (Å²) in [5, 5.41) is 6.89. The van der Waals surface area contributed by atoms with E-state index in [0.29, 0.717) is 0 Å². The molecule has 1 aliphatic heterocycles. The van der Waals surface area contributed by atoms with E-state index in [0.717, 1.165) is 75.6 Å². The Morgan fingerprint density at radius 2 is 1.76 bits per heavy atom. The lowest BCUT2D eigenvalue weighted by molar-refractivity contribution is 0.0398. The van der Waals surface area contributed by atoms with Crippen LogP contribution in [-0.4, -0.2) is 67.4 Å². The van der Waals surface area contributed by atoms with E-state index in [1.807, 2.05) is 13.0 Å². The van der Waals surface area contributed by atoms with Gasteiger partial charge >= 0.3 is 0 Å². The molecular weight excluding hydrogens is 364 g/mol. The minimum absolute atomic E-state index is 0.751. The third-order valence-electron chi connectivity index (χ3n) is 5.28. The largest absolute Gasteiger partial charge is 0.379 e. The third-order valence-corrected chi connectivity index (χ3v) is 5.28. The Morgan fingerprint density at radius 3 is 2.45 bits per heavy atom. The van der Waals surface area contributed by atoms with Crippen LogP contribution in [0.15, 0.2) is 24.3 Å². The Hall–Kier alpha value is -2.38. The fourth-order valence-corrected chi connectivity index (χ4v) is 3.60. The zero-order valence-electron chi connectivity index (χ0n) is 18.2. The van der Waals surface area contributed by atoms with Crippen LogP contribution in [0, 0.1) is 13.8 Å². The number of ether oxygens (including phenoxy) is 1. The first-order chi connectivity index (χ1) is 14.1. The Morgan fingerprint density at radius 1 is 1.03 bits per heavy atom. The molecule has 2 aromatic rings. The minimum atomic E-state index is 0.751. The van der Waals surface area contributed by atoms with Crippen molar-refractivity contribution in [1.29, 1.82) is 0 Å². The van der Waals surface area contributed by atoms with Gasteiger partial charge in [0.25, 0.3) is 0 Å². The van der Waals surface area contributed by atoms with Crippen molar-refractivity contribution in [2.45, 2.75) is 27.7 Å². The van der Waals surface area contributed by atoms with Gasteiger partial charge in [0.1, 0.15) is 17.5 Å². The zero-order chi connectivity index (χ0) is 20.6. The van der Waals surface area contributed by atoms with E-state index in [9.17, 15) is 0 Å². The molecule has 3 rings (SSSR count). The second kappa shape index (κ2) is 10.4. The van der Waals surface area contributed by atoms with Gasteiger partial charge in [0, 0.05) is 56.7 Å². The molecule has 2 N–H and O–H groups in total. The maximum atomic E-state index is 5.40. The predicted molar refractivity (Wildman–Crippen MR) is 121 cm³/mol. The third kappa shape index (κ3) is 6.05. The number of aromatic nitrogens is 2. The normalized spacial score (nSPS) is 14.6. The van der Waals surface area contributed by atoms with Gasteiger partial charge in [0.15, 0.2) is 0 Å². The SMILES string of the molecule is CCN(CC)c1ccc(Nc2cc(NCCN3CCOCC3)nc(C)n2)c(C)c1. The first-order valence-electron chi connectivity index (χ1n) is 10.6. The quantitative estimate of drug-likeness (QED) is 0.671. The van der Waals surface area contributed by atoms with E-state index in [1.54, 1.807) is 0 Å². The van der Waals surface area contributed by atoms with Crippen LogP contribution in [0.1, 0.15) is 25.2 Å². The first kappa shape index (κ1) is 21.3. The average molecular weight is 399 g/mol. The van der Waals surface area contributed by atoms with Gasteiger partial charge < -0.3 is 20.3 Å². The highest BCUT2D eigenvalue weighted by Crippen LogP contribution is 2.25. The Balaban J connectivity index is 1.63. The molecule has 0 aliphatic carbocycles. The zero-order valence-corrected chi connectivity index (χ0v) is 18.2. The molecule has 29 heavy (non-hydrogen) atoms. The van der Waals surface area contributed by atoms with Crippen molar-refractivity contribution < 1.29 is 4.74 Å². The van der Waals surface area contributed by atoms with Crippen LogP contribution in [0.25, 0.3) is 0 Å². The molecule has 1 aromatic heterocycles. The monoisotopic (exact) mass is 398 g/mol. The number of nitrogens with one attached hydrogen (secondary N) is 2. The summed E-state index contributed by atoms with van der Waals surface area (Å²) < 4.78 is 5.40. The number of aryl methyl sites for hydroxylation is 2. The molecule has 1 saturated heterocycles. The number of hydrogen-bond acceptors (Lipinski definition) is 7. The minimum Gasteiger partial charge on any atom is -0.379 e. The molecule has 0 unspecified atom stereocenters. The topological polar surface area (TPSA) is 65.5 Å². The number of benzene rings is 1. The van der Waals surface area contributed by atoms with Crippen molar-refractivity contribution in [1.82, 2.24) is 14.9 Å². The second-order valence-electron chi connectivity index (χ2n) is 7.36. The van der Waals surface area contributed by atoms with Gasteiger partial charge in [-0.2, -0.15) is 0 Å². The van der Waals surface area contributed by atoms with Crippen LogP contribution >= 0.6 is 0 Å². The van der Waals surface area contributed by atoms with Crippen molar-refractivity contribution in [2.75, 3.05) is 68.0 Å². The van der Waals surface area contributed by atoms with Crippen molar-refractivity contribution >= 4 is 23.0 Å². The summed E-state index contributed by atoms with van der Waals surface area (Å²) in [7, 11) is 0. The molecule has 0 radical (unpaired) electrons. The molecule has 1 aromatic carbocycles. The highest BCUT2D eigenvalue weighted by Gasteiger charge is 2.10. The molecule has 7 heteroatoms. The van der Waals surface area contributed by atoms with Crippen LogP contribution in [0.5, 0.6) is 0 Å². The molecule has 2 heterocycles.